The van der Waals surface area contributed by atoms with Crippen molar-refractivity contribution in [1.29, 1.82) is 0 Å². The molecule has 12 heteroatoms. The fraction of sp³-hybridized carbons (Fsp3) is 0.448. The normalized spacial score (nSPS) is 16.5. The van der Waals surface area contributed by atoms with Gasteiger partial charge in [-0.25, -0.2) is 4.98 Å². The van der Waals surface area contributed by atoms with Crippen LogP contribution in [0.4, 0.5) is 25.0 Å². The summed E-state index contributed by atoms with van der Waals surface area (Å²) < 4.78 is 46.4. The molecule has 2 aliphatic rings. The summed E-state index contributed by atoms with van der Waals surface area (Å²) in [5, 5.41) is 0.570. The molecule has 0 aliphatic carbocycles. The van der Waals surface area contributed by atoms with Crippen molar-refractivity contribution >= 4 is 35.1 Å². The number of aromatic nitrogens is 2. The molecule has 4 heterocycles. The molecule has 0 saturated carbocycles. The van der Waals surface area contributed by atoms with Crippen molar-refractivity contribution < 1.29 is 27.2 Å². The Labute approximate surface area is 241 Å². The number of halogens is 4. The number of Topliss-reactive ketones (excluding diaryl/α,β-unsaturated/α-hetero) is 1. The maximum Gasteiger partial charge on any atom is 0.437 e. The molecule has 1 amide bonds. The zero-order valence-corrected chi connectivity index (χ0v) is 23.3. The van der Waals surface area contributed by atoms with Crippen molar-refractivity contribution in [2.45, 2.75) is 44.7 Å². The molecule has 41 heavy (non-hydrogen) atoms. The quantitative estimate of drug-likeness (QED) is 0.340. The van der Waals surface area contributed by atoms with E-state index in [-0.39, 0.29) is 24.8 Å². The van der Waals surface area contributed by atoms with Gasteiger partial charge in [-0.3, -0.25) is 9.59 Å². The Bertz CT molecular complexity index is 1370. The van der Waals surface area contributed by atoms with E-state index in [4.69, 9.17) is 16.0 Å². The van der Waals surface area contributed by atoms with E-state index in [2.05, 4.69) is 14.9 Å². The van der Waals surface area contributed by atoms with Gasteiger partial charge in [-0.1, -0.05) is 35.9 Å². The van der Waals surface area contributed by atoms with Gasteiger partial charge in [0.15, 0.2) is 5.69 Å². The standard InChI is InChI=1S/C29H31ClF3N5O3/c30-22-8-3-2-7-21(22)18-25(40)37-14-6-13-36(15-16-37)24-10-9-20(19-34-24)17-23(39)26-27(29(31,32)33)35-28(41-26)38-11-4-1-5-12-38/h2-3,7-10,19H,1,4-6,11-18H2. The van der Waals surface area contributed by atoms with Crippen LogP contribution in [0.5, 0.6) is 0 Å². The van der Waals surface area contributed by atoms with Crippen LogP contribution in [0.1, 0.15) is 53.1 Å². The van der Waals surface area contributed by atoms with Crippen LogP contribution in [0.15, 0.2) is 47.0 Å². The van der Waals surface area contributed by atoms with Gasteiger partial charge in [0.25, 0.3) is 6.01 Å². The molecular formula is C29H31ClF3N5O3. The maximum absolute atomic E-state index is 13.7. The van der Waals surface area contributed by atoms with Crippen LogP contribution in [-0.4, -0.2) is 65.8 Å². The van der Waals surface area contributed by atoms with E-state index in [1.54, 1.807) is 23.1 Å². The molecule has 0 radical (unpaired) electrons. The Hall–Kier alpha value is -3.60. The number of ketones is 1. The van der Waals surface area contributed by atoms with Gasteiger partial charge in [-0.15, -0.1) is 0 Å². The Kier molecular flexibility index (Phi) is 8.82. The van der Waals surface area contributed by atoms with Crippen molar-refractivity contribution in [2.24, 2.45) is 0 Å². The number of carbonyl (C=O) groups is 2. The molecule has 8 nitrogen and oxygen atoms in total. The molecular weight excluding hydrogens is 559 g/mol. The third-order valence-corrected chi connectivity index (χ3v) is 7.78. The molecule has 0 bridgehead atoms. The summed E-state index contributed by atoms with van der Waals surface area (Å²) in [7, 11) is 0. The summed E-state index contributed by atoms with van der Waals surface area (Å²) >= 11 is 6.21. The summed E-state index contributed by atoms with van der Waals surface area (Å²) in [6.45, 7) is 3.49. The minimum atomic E-state index is -4.81. The minimum Gasteiger partial charge on any atom is -0.420 e. The van der Waals surface area contributed by atoms with Crippen LogP contribution < -0.4 is 9.80 Å². The number of oxazole rings is 1. The average molecular weight is 590 g/mol. The predicted octanol–water partition coefficient (Wildman–Crippen LogP) is 5.44. The first-order valence-corrected chi connectivity index (χ1v) is 14.1. The Morgan fingerprint density at radius 1 is 0.878 bits per heavy atom. The minimum absolute atomic E-state index is 0.0101. The first kappa shape index (κ1) is 28.9. The molecule has 2 fully saturated rings. The van der Waals surface area contributed by atoms with E-state index in [9.17, 15) is 22.8 Å². The lowest BCUT2D eigenvalue weighted by Gasteiger charge is -2.24. The Balaban J connectivity index is 1.21. The number of carbonyl (C=O) groups excluding carboxylic acids is 2. The second-order valence-corrected chi connectivity index (χ2v) is 10.7. The number of hydrogen-bond acceptors (Lipinski definition) is 7. The predicted molar refractivity (Wildman–Crippen MR) is 148 cm³/mol. The Morgan fingerprint density at radius 2 is 1.63 bits per heavy atom. The number of piperidine rings is 1. The molecule has 0 unspecified atom stereocenters. The lowest BCUT2D eigenvalue weighted by Crippen LogP contribution is -2.36. The highest BCUT2D eigenvalue weighted by Gasteiger charge is 2.41. The van der Waals surface area contributed by atoms with Gasteiger partial charge in [-0.2, -0.15) is 18.2 Å². The third kappa shape index (κ3) is 7.01. The van der Waals surface area contributed by atoms with E-state index < -0.39 is 23.4 Å². The van der Waals surface area contributed by atoms with Crippen LogP contribution in [0.2, 0.25) is 5.02 Å². The number of pyridine rings is 1. The summed E-state index contributed by atoms with van der Waals surface area (Å²) in [5.74, 6) is -0.887. The summed E-state index contributed by atoms with van der Waals surface area (Å²) in [6, 6.07) is 10.6. The molecule has 0 N–H and O–H groups in total. The van der Waals surface area contributed by atoms with Crippen molar-refractivity contribution in [1.82, 2.24) is 14.9 Å². The van der Waals surface area contributed by atoms with Gasteiger partial charge >= 0.3 is 6.18 Å². The first-order chi connectivity index (χ1) is 19.7. The number of hydrogen-bond donors (Lipinski definition) is 0. The van der Waals surface area contributed by atoms with E-state index in [1.165, 1.54) is 6.20 Å². The van der Waals surface area contributed by atoms with Crippen molar-refractivity contribution in [2.75, 3.05) is 49.1 Å². The molecule has 1 aromatic carbocycles. The van der Waals surface area contributed by atoms with Crippen LogP contribution in [0.3, 0.4) is 0 Å². The Morgan fingerprint density at radius 3 is 2.34 bits per heavy atom. The highest BCUT2D eigenvalue weighted by Crippen LogP contribution is 2.35. The molecule has 2 aromatic heterocycles. The van der Waals surface area contributed by atoms with Crippen molar-refractivity contribution in [3.8, 4) is 0 Å². The van der Waals surface area contributed by atoms with E-state index in [0.29, 0.717) is 55.7 Å². The van der Waals surface area contributed by atoms with E-state index in [1.807, 2.05) is 23.1 Å². The zero-order chi connectivity index (χ0) is 29.0. The fourth-order valence-electron chi connectivity index (χ4n) is 5.20. The molecule has 0 spiro atoms. The van der Waals surface area contributed by atoms with E-state index in [0.717, 1.165) is 31.2 Å². The van der Waals surface area contributed by atoms with Gasteiger partial charge in [0.1, 0.15) is 5.82 Å². The molecule has 5 rings (SSSR count). The van der Waals surface area contributed by atoms with Gasteiger partial charge in [0.05, 0.1) is 6.42 Å². The van der Waals surface area contributed by atoms with Crippen molar-refractivity contribution in [3.05, 3.63) is 70.2 Å². The highest BCUT2D eigenvalue weighted by atomic mass is 35.5. The topological polar surface area (TPSA) is 82.8 Å². The highest BCUT2D eigenvalue weighted by molar-refractivity contribution is 6.31. The lowest BCUT2D eigenvalue weighted by atomic mass is 10.1. The summed E-state index contributed by atoms with van der Waals surface area (Å²) in [6.07, 6.45) is 0.0407. The number of nitrogens with zero attached hydrogens (tertiary/aromatic N) is 5. The van der Waals surface area contributed by atoms with E-state index >= 15 is 0 Å². The molecule has 0 atom stereocenters. The van der Waals surface area contributed by atoms with Crippen LogP contribution in [-0.2, 0) is 23.8 Å². The maximum atomic E-state index is 13.7. The summed E-state index contributed by atoms with van der Waals surface area (Å²) in [5.41, 5.74) is -0.0255. The molecule has 2 saturated heterocycles. The fourth-order valence-corrected chi connectivity index (χ4v) is 5.40. The lowest BCUT2D eigenvalue weighted by molar-refractivity contribution is -0.141. The number of anilines is 2. The number of benzene rings is 1. The van der Waals surface area contributed by atoms with Crippen molar-refractivity contribution in [3.63, 3.8) is 0 Å². The SMILES string of the molecule is O=C(Cc1ccc(N2CCCN(C(=O)Cc3ccccc3Cl)CC2)nc1)c1oc(N2CCCCC2)nc1C(F)(F)F. The average Bonchev–Trinajstić information content (AvgIpc) is 3.29. The van der Waals surface area contributed by atoms with Gasteiger partial charge in [0.2, 0.25) is 17.5 Å². The first-order valence-electron chi connectivity index (χ1n) is 13.8. The zero-order valence-electron chi connectivity index (χ0n) is 22.5. The molecule has 3 aromatic rings. The largest absolute Gasteiger partial charge is 0.437 e. The second kappa shape index (κ2) is 12.5. The van der Waals surface area contributed by atoms with Gasteiger partial charge in [0, 0.05) is 56.9 Å². The second-order valence-electron chi connectivity index (χ2n) is 10.3. The van der Waals surface area contributed by atoms with Gasteiger partial charge in [-0.05, 0) is 48.9 Å². The smallest absolute Gasteiger partial charge is 0.420 e. The van der Waals surface area contributed by atoms with Crippen LogP contribution in [0.25, 0.3) is 0 Å². The molecule has 218 valence electrons. The summed E-state index contributed by atoms with van der Waals surface area (Å²) in [4.78, 5) is 39.4. The number of rotatable bonds is 7. The van der Waals surface area contributed by atoms with Gasteiger partial charge < -0.3 is 19.1 Å². The number of alkyl halides is 3. The number of amides is 1. The third-order valence-electron chi connectivity index (χ3n) is 7.41. The molecule has 2 aliphatic heterocycles. The van der Waals surface area contributed by atoms with Crippen LogP contribution >= 0.6 is 11.6 Å². The van der Waals surface area contributed by atoms with Crippen LogP contribution in [0, 0.1) is 0 Å². The monoisotopic (exact) mass is 589 g/mol.